The Bertz CT molecular complexity index is 2040. The molecule has 1 N–H and O–H groups in total. The van der Waals surface area contributed by atoms with Crippen molar-refractivity contribution in [2.75, 3.05) is 24.5 Å². The minimum Gasteiger partial charge on any atom is -0.487 e. The lowest BCUT2D eigenvalue weighted by Gasteiger charge is -2.47. The van der Waals surface area contributed by atoms with Gasteiger partial charge in [-0.3, -0.25) is 14.4 Å². The molecule has 0 bridgehead atoms. The van der Waals surface area contributed by atoms with Gasteiger partial charge in [0.2, 0.25) is 0 Å². The molecule has 290 valence electrons. The molecule has 0 radical (unpaired) electrons. The van der Waals surface area contributed by atoms with Gasteiger partial charge in [-0.15, -0.1) is 0 Å². The van der Waals surface area contributed by atoms with Gasteiger partial charge in [-0.25, -0.2) is 4.79 Å². The zero-order valence-corrected chi connectivity index (χ0v) is 33.4. The first kappa shape index (κ1) is 38.1. The van der Waals surface area contributed by atoms with E-state index in [-0.39, 0.29) is 35.1 Å². The Morgan fingerprint density at radius 1 is 0.981 bits per heavy atom. The Morgan fingerprint density at radius 3 is 2.50 bits per heavy atom. The summed E-state index contributed by atoms with van der Waals surface area (Å²) in [7, 11) is 0. The smallest absolute Gasteiger partial charge is 0.349 e. The van der Waals surface area contributed by atoms with Gasteiger partial charge in [-0.1, -0.05) is 46.5 Å². The number of rotatable bonds is 11. The molecule has 1 aliphatic carbocycles. The average Bonchev–Trinajstić information content (AvgIpc) is 3.12. The summed E-state index contributed by atoms with van der Waals surface area (Å²) < 4.78 is 19.0. The molecule has 7 rings (SSSR count). The standard InChI is InChI=1S/C45H58N2O7/c1-8-9-10-11-18-43(2,3)29-23-35(37-32-25-30(48)16-17-34(32)45(6,7)54-36(37)24-29)52-42(51)44(4,5)26-46-40(49)33-22-28-21-27-14-12-19-47-20-13-15-31(38(27)47)39(28)53-41(33)50/h21-24,32,34H,8-20,25-26H2,1-7H3,(H,46,49)/t32-,34-/m1/s1. The highest BCUT2D eigenvalue weighted by Crippen LogP contribution is 2.55. The highest BCUT2D eigenvalue weighted by atomic mass is 16.5. The number of anilines is 1. The van der Waals surface area contributed by atoms with E-state index in [1.165, 1.54) is 17.7 Å². The predicted octanol–water partition coefficient (Wildman–Crippen LogP) is 8.73. The van der Waals surface area contributed by atoms with E-state index < -0.39 is 28.5 Å². The maximum absolute atomic E-state index is 14.1. The van der Waals surface area contributed by atoms with Crippen molar-refractivity contribution in [3.05, 3.63) is 62.5 Å². The van der Waals surface area contributed by atoms with Crippen LogP contribution in [0, 0.1) is 11.3 Å². The average molecular weight is 739 g/mol. The SMILES string of the molecule is CCCCCCC(C)(C)c1cc(OC(=O)C(C)(C)CNC(=O)c2cc3cc4c5c(c3oc2=O)CCCN5CCC4)c2c(c1)OC(C)(C)[C@@H]1CCC(=O)C[C@@H]21. The Hall–Kier alpha value is -4.14. The van der Waals surface area contributed by atoms with Gasteiger partial charge < -0.3 is 24.1 Å². The summed E-state index contributed by atoms with van der Waals surface area (Å²) in [5.74, 6) is 0.158. The first-order valence-corrected chi connectivity index (χ1v) is 20.4. The van der Waals surface area contributed by atoms with Crippen molar-refractivity contribution < 1.29 is 28.3 Å². The van der Waals surface area contributed by atoms with Gasteiger partial charge >= 0.3 is 11.6 Å². The molecule has 0 saturated heterocycles. The third kappa shape index (κ3) is 7.19. The van der Waals surface area contributed by atoms with E-state index >= 15 is 0 Å². The van der Waals surface area contributed by atoms with Crippen molar-refractivity contribution in [2.45, 2.75) is 142 Å². The van der Waals surface area contributed by atoms with Crippen molar-refractivity contribution in [1.29, 1.82) is 0 Å². The van der Waals surface area contributed by atoms with Crippen LogP contribution in [0.4, 0.5) is 5.69 Å². The number of esters is 1. The molecule has 2 atom stereocenters. The fraction of sp³-hybridized carbons (Fsp3) is 0.600. The number of unbranched alkanes of at least 4 members (excludes halogenated alkanes) is 3. The zero-order chi connectivity index (χ0) is 38.6. The molecule has 0 unspecified atom stereocenters. The topological polar surface area (TPSA) is 115 Å². The molecular formula is C45H58N2O7. The molecule has 3 aromatic rings. The number of fused-ring (bicyclic) bond motifs is 5. The van der Waals surface area contributed by atoms with Gasteiger partial charge in [0.15, 0.2) is 0 Å². The van der Waals surface area contributed by atoms with Crippen LogP contribution in [0.1, 0.15) is 151 Å². The van der Waals surface area contributed by atoms with E-state index in [2.05, 4.69) is 57.0 Å². The van der Waals surface area contributed by atoms with Gasteiger partial charge in [-0.05, 0) is 107 Å². The molecule has 4 aliphatic rings. The van der Waals surface area contributed by atoms with Crippen molar-refractivity contribution in [3.8, 4) is 11.5 Å². The summed E-state index contributed by atoms with van der Waals surface area (Å²) in [5, 5.41) is 3.59. The third-order valence-electron chi connectivity index (χ3n) is 12.8. The normalized spacial score (nSPS) is 20.4. The Kier molecular flexibility index (Phi) is 10.2. The number of carbonyl (C=O) groups is 3. The highest BCUT2D eigenvalue weighted by molar-refractivity contribution is 5.98. The van der Waals surface area contributed by atoms with Gasteiger partial charge in [0.1, 0.15) is 34.0 Å². The first-order valence-electron chi connectivity index (χ1n) is 20.4. The second kappa shape index (κ2) is 14.5. The van der Waals surface area contributed by atoms with Gasteiger partial charge in [0.05, 0.1) is 5.41 Å². The van der Waals surface area contributed by atoms with Crippen molar-refractivity contribution in [2.24, 2.45) is 11.3 Å². The monoisotopic (exact) mass is 738 g/mol. The summed E-state index contributed by atoms with van der Waals surface area (Å²) in [4.78, 5) is 56.3. The van der Waals surface area contributed by atoms with E-state index in [1.54, 1.807) is 19.9 Å². The number of nitrogens with zero attached hydrogens (tertiary/aromatic N) is 1. The maximum Gasteiger partial charge on any atom is 0.349 e. The van der Waals surface area contributed by atoms with Crippen LogP contribution in [-0.4, -0.2) is 42.9 Å². The summed E-state index contributed by atoms with van der Waals surface area (Å²) in [6, 6.07) is 7.78. The van der Waals surface area contributed by atoms with Crippen LogP contribution in [0.25, 0.3) is 11.0 Å². The second-order valence-corrected chi connectivity index (χ2v) is 18.2. The number of aryl methyl sites for hydroxylation is 2. The van der Waals surface area contributed by atoms with E-state index in [4.69, 9.17) is 13.9 Å². The largest absolute Gasteiger partial charge is 0.487 e. The lowest BCUT2D eigenvalue weighted by Crippen LogP contribution is -2.47. The fourth-order valence-electron chi connectivity index (χ4n) is 9.48. The van der Waals surface area contributed by atoms with E-state index in [0.29, 0.717) is 29.9 Å². The molecule has 0 spiro atoms. The predicted molar refractivity (Wildman–Crippen MR) is 211 cm³/mol. The minimum absolute atomic E-state index is 0.0641. The number of Topliss-reactive ketones (excluding diaryl/α,β-unsaturated/α-hetero) is 1. The summed E-state index contributed by atoms with van der Waals surface area (Å²) in [6.07, 6.45) is 11.0. The van der Waals surface area contributed by atoms with Crippen LogP contribution >= 0.6 is 0 Å². The van der Waals surface area contributed by atoms with Gasteiger partial charge in [0, 0.05) is 66.5 Å². The number of nitrogens with one attached hydrogen (secondary N) is 1. The lowest BCUT2D eigenvalue weighted by atomic mass is 9.66. The first-order chi connectivity index (χ1) is 25.6. The molecule has 1 amide bonds. The number of carbonyl (C=O) groups excluding carboxylic acids is 3. The van der Waals surface area contributed by atoms with Crippen molar-refractivity contribution >= 4 is 34.3 Å². The maximum atomic E-state index is 14.1. The molecule has 54 heavy (non-hydrogen) atoms. The molecular weight excluding hydrogens is 681 g/mol. The number of amides is 1. The minimum atomic E-state index is -1.16. The molecule has 2 aromatic carbocycles. The van der Waals surface area contributed by atoms with Crippen LogP contribution < -0.4 is 25.3 Å². The molecule has 9 nitrogen and oxygen atoms in total. The highest BCUT2D eigenvalue weighted by Gasteiger charge is 2.48. The van der Waals surface area contributed by atoms with Crippen LogP contribution in [0.15, 0.2) is 33.5 Å². The number of ketones is 1. The summed E-state index contributed by atoms with van der Waals surface area (Å²) in [5.41, 5.74) is 3.23. The lowest BCUT2D eigenvalue weighted by molar-refractivity contribution is -0.143. The fourth-order valence-corrected chi connectivity index (χ4v) is 9.48. The van der Waals surface area contributed by atoms with Crippen LogP contribution in [0.5, 0.6) is 11.5 Å². The zero-order valence-electron chi connectivity index (χ0n) is 33.4. The molecule has 1 saturated carbocycles. The molecule has 4 heterocycles. The van der Waals surface area contributed by atoms with Crippen LogP contribution in [0.3, 0.4) is 0 Å². The number of hydrogen-bond acceptors (Lipinski definition) is 8. The second-order valence-electron chi connectivity index (χ2n) is 18.2. The number of hydrogen-bond donors (Lipinski definition) is 1. The van der Waals surface area contributed by atoms with Gasteiger partial charge in [-0.2, -0.15) is 0 Å². The number of benzene rings is 2. The summed E-state index contributed by atoms with van der Waals surface area (Å²) in [6.45, 7) is 16.2. The van der Waals surface area contributed by atoms with E-state index in [0.717, 1.165) is 93.0 Å². The summed E-state index contributed by atoms with van der Waals surface area (Å²) >= 11 is 0. The van der Waals surface area contributed by atoms with Crippen molar-refractivity contribution in [1.82, 2.24) is 5.32 Å². The molecule has 1 aromatic heterocycles. The molecule has 9 heteroatoms. The Balaban J connectivity index is 1.14. The van der Waals surface area contributed by atoms with E-state index in [9.17, 15) is 19.2 Å². The molecule has 1 fully saturated rings. The van der Waals surface area contributed by atoms with Crippen LogP contribution in [-0.2, 0) is 27.8 Å². The molecule has 3 aliphatic heterocycles. The Labute approximate surface area is 319 Å². The third-order valence-corrected chi connectivity index (χ3v) is 12.8. The quantitative estimate of drug-likeness (QED) is 0.0900. The van der Waals surface area contributed by atoms with Crippen LogP contribution in [0.2, 0.25) is 0 Å². The Morgan fingerprint density at radius 2 is 1.74 bits per heavy atom. The van der Waals surface area contributed by atoms with Gasteiger partial charge in [0.25, 0.3) is 5.91 Å². The van der Waals surface area contributed by atoms with Crippen molar-refractivity contribution in [3.63, 3.8) is 0 Å². The number of ether oxygens (including phenoxy) is 2. The van der Waals surface area contributed by atoms with E-state index in [1.807, 2.05) is 6.07 Å².